The zero-order valence-electron chi connectivity index (χ0n) is 11.8. The van der Waals surface area contributed by atoms with Crippen molar-refractivity contribution >= 4 is 27.4 Å². The Morgan fingerprint density at radius 2 is 1.80 bits per heavy atom. The van der Waals surface area contributed by atoms with Crippen molar-refractivity contribution in [3.05, 3.63) is 47.3 Å². The van der Waals surface area contributed by atoms with Crippen LogP contribution in [0.5, 0.6) is 0 Å². The molecule has 0 atom stereocenters. The van der Waals surface area contributed by atoms with E-state index in [0.29, 0.717) is 5.76 Å². The average molecular weight is 263 g/mol. The molecule has 20 heavy (non-hydrogen) atoms. The van der Waals surface area contributed by atoms with Crippen LogP contribution in [-0.2, 0) is 6.42 Å². The summed E-state index contributed by atoms with van der Waals surface area (Å²) in [6.07, 6.45) is 1.64. The van der Waals surface area contributed by atoms with E-state index in [1.807, 2.05) is 6.07 Å². The Hall–Kier alpha value is -2.09. The van der Waals surface area contributed by atoms with Crippen LogP contribution in [0.1, 0.15) is 26.0 Å². The van der Waals surface area contributed by atoms with Crippen LogP contribution >= 0.6 is 0 Å². The second-order valence-electron chi connectivity index (χ2n) is 6.58. The molecule has 2 aromatic carbocycles. The van der Waals surface area contributed by atoms with E-state index in [1.165, 1.54) is 10.8 Å². The van der Waals surface area contributed by atoms with E-state index < -0.39 is 0 Å². The first-order valence-electron chi connectivity index (χ1n) is 7.07. The lowest BCUT2D eigenvalue weighted by Crippen LogP contribution is -2.31. The molecular weight excluding hydrogens is 246 g/mol. The van der Waals surface area contributed by atoms with Crippen LogP contribution in [0.2, 0.25) is 0 Å². The quantitative estimate of drug-likeness (QED) is 0.670. The number of pyridine rings is 1. The third kappa shape index (κ3) is 1.54. The number of aromatic nitrogens is 1. The van der Waals surface area contributed by atoms with Gasteiger partial charge in [-0.1, -0.05) is 44.2 Å². The molecule has 1 aromatic heterocycles. The minimum Gasteiger partial charge on any atom is -0.512 e. The van der Waals surface area contributed by atoms with Crippen LogP contribution < -0.4 is 5.22 Å². The maximum absolute atomic E-state index is 10.5. The van der Waals surface area contributed by atoms with Crippen LogP contribution in [0.3, 0.4) is 0 Å². The lowest BCUT2D eigenvalue weighted by Gasteiger charge is -2.29. The van der Waals surface area contributed by atoms with Crippen LogP contribution in [0, 0.1) is 5.41 Å². The molecule has 0 aliphatic heterocycles. The molecular formula is C18H17NO. The van der Waals surface area contributed by atoms with Gasteiger partial charge in [-0.3, -0.25) is 4.98 Å². The van der Waals surface area contributed by atoms with E-state index in [-0.39, 0.29) is 5.41 Å². The SMILES string of the molecule is CC1(C)CC(O)=c2c(nc3cccc4cccc2c43)C1. The molecule has 0 unspecified atom stereocenters. The van der Waals surface area contributed by atoms with Crippen molar-refractivity contribution in [2.24, 2.45) is 5.41 Å². The normalized spacial score (nSPS) is 17.6. The van der Waals surface area contributed by atoms with E-state index in [9.17, 15) is 5.11 Å². The van der Waals surface area contributed by atoms with Crippen LogP contribution in [0.4, 0.5) is 0 Å². The van der Waals surface area contributed by atoms with Crippen molar-refractivity contribution < 1.29 is 5.11 Å². The zero-order valence-corrected chi connectivity index (χ0v) is 11.8. The fourth-order valence-electron chi connectivity index (χ4n) is 3.49. The molecule has 0 saturated heterocycles. The minimum absolute atomic E-state index is 0.0760. The standard InChI is InChI=1S/C18H17NO/c1-18(2)9-14-17(15(20)10-18)12-7-3-5-11-6-4-8-13(19-14)16(11)12/h3-8,20H,9-10H2,1-2H3. The molecule has 2 heteroatoms. The summed E-state index contributed by atoms with van der Waals surface area (Å²) < 4.78 is 0. The minimum atomic E-state index is 0.0760. The summed E-state index contributed by atoms with van der Waals surface area (Å²) in [5, 5.41) is 15.0. The Morgan fingerprint density at radius 1 is 1.05 bits per heavy atom. The van der Waals surface area contributed by atoms with Gasteiger partial charge in [0.25, 0.3) is 0 Å². The highest BCUT2D eigenvalue weighted by Crippen LogP contribution is 2.33. The van der Waals surface area contributed by atoms with E-state index >= 15 is 0 Å². The molecule has 2 nitrogen and oxygen atoms in total. The molecule has 100 valence electrons. The number of benzene rings is 2. The molecule has 1 N–H and O–H groups in total. The van der Waals surface area contributed by atoms with Crippen molar-refractivity contribution in [3.8, 4) is 0 Å². The highest BCUT2D eigenvalue weighted by atomic mass is 16.3. The summed E-state index contributed by atoms with van der Waals surface area (Å²) in [5.41, 5.74) is 2.14. The van der Waals surface area contributed by atoms with Crippen molar-refractivity contribution in [1.29, 1.82) is 0 Å². The summed E-state index contributed by atoms with van der Waals surface area (Å²) in [6, 6.07) is 12.5. The number of fused-ring (bicyclic) bond motifs is 2. The van der Waals surface area contributed by atoms with Crippen LogP contribution in [0.15, 0.2) is 36.4 Å². The van der Waals surface area contributed by atoms with Gasteiger partial charge in [-0.25, -0.2) is 0 Å². The monoisotopic (exact) mass is 263 g/mol. The molecule has 1 heterocycles. The van der Waals surface area contributed by atoms with Crippen molar-refractivity contribution in [3.63, 3.8) is 0 Å². The number of hydrogen-bond donors (Lipinski definition) is 1. The van der Waals surface area contributed by atoms with Gasteiger partial charge in [0.1, 0.15) is 5.76 Å². The van der Waals surface area contributed by atoms with Gasteiger partial charge in [0.15, 0.2) is 0 Å². The summed E-state index contributed by atoms with van der Waals surface area (Å²) >= 11 is 0. The Bertz CT molecular complexity index is 887. The summed E-state index contributed by atoms with van der Waals surface area (Å²) in [6.45, 7) is 4.37. The first-order valence-corrected chi connectivity index (χ1v) is 7.07. The topological polar surface area (TPSA) is 33.1 Å². The smallest absolute Gasteiger partial charge is 0.102 e. The third-order valence-corrected chi connectivity index (χ3v) is 4.28. The van der Waals surface area contributed by atoms with Gasteiger partial charge < -0.3 is 5.11 Å². The number of hydrogen-bond acceptors (Lipinski definition) is 2. The Balaban J connectivity index is 2.26. The molecule has 1 aliphatic rings. The molecule has 0 bridgehead atoms. The fourth-order valence-corrected chi connectivity index (χ4v) is 3.49. The third-order valence-electron chi connectivity index (χ3n) is 4.28. The van der Waals surface area contributed by atoms with Gasteiger partial charge in [-0.05, 0) is 28.7 Å². The van der Waals surface area contributed by atoms with Gasteiger partial charge in [0.05, 0.1) is 11.2 Å². The second-order valence-corrected chi connectivity index (χ2v) is 6.58. The Labute approximate surface area is 117 Å². The van der Waals surface area contributed by atoms with Gasteiger partial charge in [-0.15, -0.1) is 0 Å². The van der Waals surface area contributed by atoms with Gasteiger partial charge in [-0.2, -0.15) is 0 Å². The fraction of sp³-hybridized carbons (Fsp3) is 0.278. The maximum atomic E-state index is 10.5. The van der Waals surface area contributed by atoms with E-state index in [0.717, 1.165) is 34.7 Å². The largest absolute Gasteiger partial charge is 0.512 e. The van der Waals surface area contributed by atoms with Crippen LogP contribution in [-0.4, -0.2) is 10.1 Å². The predicted octanol–water partition coefficient (Wildman–Crippen LogP) is 3.75. The van der Waals surface area contributed by atoms with Gasteiger partial charge in [0, 0.05) is 17.0 Å². The number of aliphatic hydroxyl groups is 1. The van der Waals surface area contributed by atoms with Crippen LogP contribution in [0.25, 0.3) is 27.4 Å². The lowest BCUT2D eigenvalue weighted by molar-refractivity contribution is 0.316. The second kappa shape index (κ2) is 3.72. The van der Waals surface area contributed by atoms with Gasteiger partial charge in [0.2, 0.25) is 0 Å². The molecule has 4 rings (SSSR count). The average Bonchev–Trinajstić information content (AvgIpc) is 2.37. The molecule has 0 fully saturated rings. The van der Waals surface area contributed by atoms with Gasteiger partial charge >= 0.3 is 0 Å². The highest BCUT2D eigenvalue weighted by Gasteiger charge is 2.28. The van der Waals surface area contributed by atoms with E-state index in [1.54, 1.807) is 0 Å². The van der Waals surface area contributed by atoms with E-state index in [4.69, 9.17) is 4.98 Å². The number of aliphatic hydroxyl groups excluding tert-OH is 1. The maximum Gasteiger partial charge on any atom is 0.102 e. The summed E-state index contributed by atoms with van der Waals surface area (Å²) in [5.74, 6) is 0.488. The Kier molecular flexibility index (Phi) is 2.18. The van der Waals surface area contributed by atoms with Crippen molar-refractivity contribution in [2.45, 2.75) is 26.7 Å². The summed E-state index contributed by atoms with van der Waals surface area (Å²) in [7, 11) is 0. The first-order chi connectivity index (χ1) is 9.55. The zero-order chi connectivity index (χ0) is 13.9. The highest BCUT2D eigenvalue weighted by molar-refractivity contribution is 6.09. The predicted molar refractivity (Wildman–Crippen MR) is 82.6 cm³/mol. The molecule has 0 radical (unpaired) electrons. The number of nitrogens with zero attached hydrogens (tertiary/aromatic N) is 1. The van der Waals surface area contributed by atoms with Crippen molar-refractivity contribution in [2.75, 3.05) is 0 Å². The van der Waals surface area contributed by atoms with E-state index in [2.05, 4.69) is 44.2 Å². The molecule has 3 aromatic rings. The first kappa shape index (κ1) is 11.7. The molecule has 0 saturated carbocycles. The van der Waals surface area contributed by atoms with Crippen molar-refractivity contribution in [1.82, 2.24) is 4.98 Å². The molecule has 0 amide bonds. The Morgan fingerprint density at radius 3 is 2.60 bits per heavy atom. The summed E-state index contributed by atoms with van der Waals surface area (Å²) in [4.78, 5) is 4.83. The molecule has 1 aliphatic carbocycles. The molecule has 0 spiro atoms. The lowest BCUT2D eigenvalue weighted by atomic mass is 9.78. The number of rotatable bonds is 0.